The second kappa shape index (κ2) is 8.18. The number of hydrogen-bond donors (Lipinski definition) is 2. The number of thiophene rings is 1. The second-order valence-corrected chi connectivity index (χ2v) is 6.25. The molecule has 0 aliphatic heterocycles. The Bertz CT molecular complexity index is 524. The Hall–Kier alpha value is -1.35. The Kier molecular flexibility index (Phi) is 6.24. The van der Waals surface area contributed by atoms with Crippen molar-refractivity contribution in [2.75, 3.05) is 26.7 Å². The zero-order valence-electron chi connectivity index (χ0n) is 12.4. The molecule has 0 unspecified atom stereocenters. The minimum absolute atomic E-state index is 0.0527. The fraction of sp³-hybridized carbons (Fsp3) is 0.562. The summed E-state index contributed by atoms with van der Waals surface area (Å²) in [6, 6.07) is 2.45. The van der Waals surface area contributed by atoms with E-state index in [1.54, 1.807) is 11.4 Å². The molecular formula is C16H22N2O2S. The highest BCUT2D eigenvalue weighted by Crippen LogP contribution is 2.21. The van der Waals surface area contributed by atoms with Crippen LogP contribution < -0.4 is 5.32 Å². The van der Waals surface area contributed by atoms with Crippen LogP contribution in [0.4, 0.5) is 0 Å². The van der Waals surface area contributed by atoms with Crippen LogP contribution in [0.25, 0.3) is 0 Å². The van der Waals surface area contributed by atoms with Crippen LogP contribution in [0.3, 0.4) is 0 Å². The van der Waals surface area contributed by atoms with E-state index in [9.17, 15) is 4.79 Å². The molecule has 2 rings (SSSR count). The lowest BCUT2D eigenvalue weighted by atomic mass is 10.2. The average Bonchev–Trinajstić information content (AvgIpc) is 3.16. The van der Waals surface area contributed by atoms with Gasteiger partial charge in [-0.15, -0.1) is 11.3 Å². The zero-order chi connectivity index (χ0) is 15.1. The van der Waals surface area contributed by atoms with E-state index in [-0.39, 0.29) is 12.5 Å². The number of carbonyl (C=O) groups is 1. The van der Waals surface area contributed by atoms with Crippen LogP contribution in [0, 0.1) is 11.8 Å². The van der Waals surface area contributed by atoms with Gasteiger partial charge in [-0.1, -0.05) is 24.7 Å². The van der Waals surface area contributed by atoms with E-state index in [1.165, 1.54) is 37.0 Å². The molecule has 1 aromatic rings. The normalized spacial score (nSPS) is 15.0. The summed E-state index contributed by atoms with van der Waals surface area (Å²) in [5.74, 6) is 5.34. The maximum absolute atomic E-state index is 12.0. The quantitative estimate of drug-likeness (QED) is 0.814. The van der Waals surface area contributed by atoms with Gasteiger partial charge in [0.2, 0.25) is 0 Å². The third-order valence-corrected chi connectivity index (χ3v) is 4.70. The molecule has 1 aliphatic rings. The second-order valence-electron chi connectivity index (χ2n) is 5.33. The van der Waals surface area contributed by atoms with Crippen LogP contribution in [0.5, 0.6) is 0 Å². The van der Waals surface area contributed by atoms with Crippen LogP contribution in [-0.4, -0.2) is 48.7 Å². The molecule has 0 atom stereocenters. The monoisotopic (exact) mass is 306 g/mol. The smallest absolute Gasteiger partial charge is 0.252 e. The molecule has 0 spiro atoms. The van der Waals surface area contributed by atoms with E-state index in [0.29, 0.717) is 18.2 Å². The van der Waals surface area contributed by atoms with Gasteiger partial charge in [-0.25, -0.2) is 0 Å². The number of nitrogens with zero attached hydrogens (tertiary/aromatic N) is 1. The van der Waals surface area contributed by atoms with E-state index in [4.69, 9.17) is 5.11 Å². The molecule has 4 nitrogen and oxygen atoms in total. The Morgan fingerprint density at radius 3 is 3.00 bits per heavy atom. The van der Waals surface area contributed by atoms with Gasteiger partial charge < -0.3 is 15.3 Å². The fourth-order valence-electron chi connectivity index (χ4n) is 2.62. The van der Waals surface area contributed by atoms with Crippen LogP contribution in [0.2, 0.25) is 0 Å². The predicted molar refractivity (Wildman–Crippen MR) is 85.5 cm³/mol. The third kappa shape index (κ3) is 4.85. The molecule has 114 valence electrons. The highest BCUT2D eigenvalue weighted by molar-refractivity contribution is 7.10. The van der Waals surface area contributed by atoms with Gasteiger partial charge in [0.1, 0.15) is 6.61 Å². The molecule has 2 N–H and O–H groups in total. The van der Waals surface area contributed by atoms with E-state index in [0.717, 1.165) is 11.4 Å². The maximum atomic E-state index is 12.0. The molecule has 0 bridgehead atoms. The summed E-state index contributed by atoms with van der Waals surface area (Å²) in [5.41, 5.74) is 0.644. The first-order valence-corrected chi connectivity index (χ1v) is 8.25. The standard InChI is InChI=1S/C16H22N2O2S/c1-18(14-5-2-3-6-14)9-8-17-16(20)13-11-15(21-12-13)7-4-10-19/h11-12,14,19H,2-3,5-6,8-10H2,1H3,(H,17,20). The molecule has 21 heavy (non-hydrogen) atoms. The van der Waals surface area contributed by atoms with E-state index in [1.807, 2.05) is 0 Å². The van der Waals surface area contributed by atoms with Gasteiger partial charge in [-0.2, -0.15) is 0 Å². The van der Waals surface area contributed by atoms with Crippen molar-refractivity contribution >= 4 is 17.2 Å². The number of aliphatic hydroxyl groups excluding tert-OH is 1. The number of carbonyl (C=O) groups excluding carboxylic acids is 1. The summed E-state index contributed by atoms with van der Waals surface area (Å²) in [6.45, 7) is 1.39. The molecule has 1 aliphatic carbocycles. The summed E-state index contributed by atoms with van der Waals surface area (Å²) >= 11 is 1.42. The van der Waals surface area contributed by atoms with Crippen molar-refractivity contribution in [1.82, 2.24) is 10.2 Å². The fourth-order valence-corrected chi connectivity index (χ4v) is 3.38. The molecule has 0 saturated heterocycles. The van der Waals surface area contributed by atoms with Crippen molar-refractivity contribution in [2.45, 2.75) is 31.7 Å². The van der Waals surface area contributed by atoms with Crippen LogP contribution in [0.15, 0.2) is 11.4 Å². The number of amides is 1. The minimum Gasteiger partial charge on any atom is -0.384 e. The SMILES string of the molecule is CN(CCNC(=O)c1csc(C#CCO)c1)C1CCCC1. The van der Waals surface area contributed by atoms with Crippen molar-refractivity contribution in [3.05, 3.63) is 21.9 Å². The van der Waals surface area contributed by atoms with Gasteiger partial charge >= 0.3 is 0 Å². The molecule has 1 fully saturated rings. The van der Waals surface area contributed by atoms with Crippen LogP contribution in [-0.2, 0) is 0 Å². The van der Waals surface area contributed by atoms with Crippen molar-refractivity contribution in [3.63, 3.8) is 0 Å². The van der Waals surface area contributed by atoms with Gasteiger partial charge in [0.25, 0.3) is 5.91 Å². The summed E-state index contributed by atoms with van der Waals surface area (Å²) in [6.07, 6.45) is 5.21. The van der Waals surface area contributed by atoms with E-state index < -0.39 is 0 Å². The van der Waals surface area contributed by atoms with E-state index >= 15 is 0 Å². The molecule has 1 saturated carbocycles. The number of aliphatic hydroxyl groups is 1. The first-order chi connectivity index (χ1) is 10.2. The highest BCUT2D eigenvalue weighted by Gasteiger charge is 2.19. The Morgan fingerprint density at radius 2 is 2.29 bits per heavy atom. The summed E-state index contributed by atoms with van der Waals surface area (Å²) in [7, 11) is 2.13. The lowest BCUT2D eigenvalue weighted by molar-refractivity contribution is 0.0947. The van der Waals surface area contributed by atoms with Crippen LogP contribution in [0.1, 0.15) is 40.9 Å². The largest absolute Gasteiger partial charge is 0.384 e. The molecule has 0 radical (unpaired) electrons. The first kappa shape index (κ1) is 16.0. The third-order valence-electron chi connectivity index (χ3n) is 3.85. The first-order valence-electron chi connectivity index (χ1n) is 7.37. The lowest BCUT2D eigenvalue weighted by Gasteiger charge is -2.23. The number of likely N-dealkylation sites (N-methyl/N-ethyl adjacent to an activating group) is 1. The highest BCUT2D eigenvalue weighted by atomic mass is 32.1. The topological polar surface area (TPSA) is 52.6 Å². The van der Waals surface area contributed by atoms with Gasteiger partial charge in [0, 0.05) is 24.5 Å². The minimum atomic E-state index is -0.160. The lowest BCUT2D eigenvalue weighted by Crippen LogP contribution is -2.37. The molecule has 5 heteroatoms. The summed E-state index contributed by atoms with van der Waals surface area (Å²) in [4.78, 5) is 15.2. The molecular weight excluding hydrogens is 284 g/mol. The molecule has 1 heterocycles. The van der Waals surface area contributed by atoms with Crippen molar-refractivity contribution < 1.29 is 9.90 Å². The Morgan fingerprint density at radius 1 is 1.52 bits per heavy atom. The zero-order valence-corrected chi connectivity index (χ0v) is 13.2. The summed E-state index contributed by atoms with van der Waals surface area (Å²) < 4.78 is 0. The van der Waals surface area contributed by atoms with Crippen LogP contribution >= 0.6 is 11.3 Å². The Labute approximate surface area is 130 Å². The van der Waals surface area contributed by atoms with E-state index in [2.05, 4.69) is 29.1 Å². The molecule has 1 aromatic heterocycles. The summed E-state index contributed by atoms with van der Waals surface area (Å²) in [5, 5.41) is 13.4. The van der Waals surface area contributed by atoms with Gasteiger partial charge in [-0.05, 0) is 26.0 Å². The molecule has 1 amide bonds. The van der Waals surface area contributed by atoms with Crippen molar-refractivity contribution in [2.24, 2.45) is 0 Å². The van der Waals surface area contributed by atoms with Gasteiger partial charge in [0.15, 0.2) is 0 Å². The molecule has 0 aromatic carbocycles. The van der Waals surface area contributed by atoms with Crippen molar-refractivity contribution in [3.8, 4) is 11.8 Å². The number of rotatable bonds is 5. The maximum Gasteiger partial charge on any atom is 0.252 e. The average molecular weight is 306 g/mol. The Balaban J connectivity index is 1.75. The number of hydrogen-bond acceptors (Lipinski definition) is 4. The van der Waals surface area contributed by atoms with Gasteiger partial charge in [-0.3, -0.25) is 4.79 Å². The van der Waals surface area contributed by atoms with Crippen molar-refractivity contribution in [1.29, 1.82) is 0 Å². The predicted octanol–water partition coefficient (Wildman–Crippen LogP) is 1.70. The number of nitrogens with one attached hydrogen (secondary N) is 1. The van der Waals surface area contributed by atoms with Gasteiger partial charge in [0.05, 0.1) is 10.4 Å².